The summed E-state index contributed by atoms with van der Waals surface area (Å²) in [5.74, 6) is -0.0315. The number of imidazole rings is 1. The van der Waals surface area contributed by atoms with Crippen molar-refractivity contribution in [2.24, 2.45) is 5.73 Å². The highest BCUT2D eigenvalue weighted by Crippen LogP contribution is 2.29. The topological polar surface area (TPSA) is 112 Å². The van der Waals surface area contributed by atoms with Gasteiger partial charge in [-0.1, -0.05) is 12.1 Å². The lowest BCUT2D eigenvalue weighted by Gasteiger charge is -2.10. The van der Waals surface area contributed by atoms with Crippen LogP contribution in [0, 0.1) is 0 Å². The minimum absolute atomic E-state index is 0.0886. The Kier molecular flexibility index (Phi) is 3.82. The van der Waals surface area contributed by atoms with Crippen molar-refractivity contribution in [3.05, 3.63) is 48.7 Å². The van der Waals surface area contributed by atoms with Gasteiger partial charge in [0, 0.05) is 18.0 Å². The highest BCUT2D eigenvalue weighted by atomic mass is 16.5. The third-order valence-electron chi connectivity index (χ3n) is 3.09. The Bertz CT molecular complexity index is 765. The summed E-state index contributed by atoms with van der Waals surface area (Å²) in [5, 5.41) is 10.2. The summed E-state index contributed by atoms with van der Waals surface area (Å²) >= 11 is 0. The number of hydrogen-bond donors (Lipinski definition) is 2. The van der Waals surface area contributed by atoms with Gasteiger partial charge in [0.1, 0.15) is 18.1 Å². The van der Waals surface area contributed by atoms with Crippen LogP contribution in [0.4, 0.5) is 0 Å². The number of carbonyl (C=O) groups is 1. The van der Waals surface area contributed by atoms with Gasteiger partial charge in [-0.05, 0) is 12.1 Å². The Balaban J connectivity index is 1.80. The number of nitrogens with two attached hydrogens (primary N) is 1. The molecule has 0 spiro atoms. The van der Waals surface area contributed by atoms with E-state index < -0.39 is 5.91 Å². The molecule has 0 aliphatic carbocycles. The van der Waals surface area contributed by atoms with E-state index in [4.69, 9.17) is 10.5 Å². The summed E-state index contributed by atoms with van der Waals surface area (Å²) in [4.78, 5) is 15.4. The summed E-state index contributed by atoms with van der Waals surface area (Å²) in [7, 11) is 0. The van der Waals surface area contributed by atoms with Crippen LogP contribution < -0.4 is 10.5 Å². The zero-order valence-electron chi connectivity index (χ0n) is 11.6. The fraction of sp³-hybridized carbons (Fsp3) is 0.143. The van der Waals surface area contributed by atoms with Gasteiger partial charge in [-0.2, -0.15) is 15.4 Å². The Morgan fingerprint density at radius 1 is 1.32 bits per heavy atom. The van der Waals surface area contributed by atoms with E-state index in [1.807, 2.05) is 29.0 Å². The summed E-state index contributed by atoms with van der Waals surface area (Å²) in [6.07, 6.45) is 5.29. The van der Waals surface area contributed by atoms with E-state index in [9.17, 15) is 4.79 Å². The van der Waals surface area contributed by atoms with Gasteiger partial charge in [0.15, 0.2) is 5.69 Å². The molecule has 112 valence electrons. The van der Waals surface area contributed by atoms with Crippen LogP contribution in [-0.2, 0) is 6.54 Å². The van der Waals surface area contributed by atoms with Gasteiger partial charge in [0.05, 0.1) is 12.9 Å². The molecule has 1 amide bonds. The van der Waals surface area contributed by atoms with Crippen molar-refractivity contribution in [1.29, 1.82) is 0 Å². The van der Waals surface area contributed by atoms with E-state index in [2.05, 4.69) is 20.4 Å². The van der Waals surface area contributed by atoms with Crippen molar-refractivity contribution in [2.75, 3.05) is 6.61 Å². The molecule has 0 saturated carbocycles. The quantitative estimate of drug-likeness (QED) is 0.700. The summed E-state index contributed by atoms with van der Waals surface area (Å²) in [6.45, 7) is 1.12. The Hall–Kier alpha value is -3.16. The molecule has 2 heterocycles. The monoisotopic (exact) mass is 298 g/mol. The average molecular weight is 298 g/mol. The molecule has 0 unspecified atom stereocenters. The molecule has 3 rings (SSSR count). The number of benzene rings is 1. The van der Waals surface area contributed by atoms with Gasteiger partial charge in [-0.25, -0.2) is 4.98 Å². The first-order chi connectivity index (χ1) is 10.8. The van der Waals surface area contributed by atoms with Gasteiger partial charge in [0.2, 0.25) is 0 Å². The molecule has 0 aliphatic heterocycles. The standard InChI is InChI=1S/C14H14N6O2/c15-14(21)13-12(17-19-18-13)10-3-1-2-4-11(10)22-8-7-20-6-5-16-9-20/h1-6,9H,7-8H2,(H2,15,21)(H,17,18,19). The van der Waals surface area contributed by atoms with Crippen molar-refractivity contribution in [3.8, 4) is 17.0 Å². The number of aromatic nitrogens is 5. The second kappa shape index (κ2) is 6.08. The normalized spacial score (nSPS) is 10.5. The average Bonchev–Trinajstić information content (AvgIpc) is 3.19. The largest absolute Gasteiger partial charge is 0.491 e. The van der Waals surface area contributed by atoms with Gasteiger partial charge < -0.3 is 15.0 Å². The number of para-hydroxylation sites is 1. The number of amides is 1. The fourth-order valence-electron chi connectivity index (χ4n) is 2.06. The number of nitrogens with zero attached hydrogens (tertiary/aromatic N) is 4. The Labute approximate surface area is 125 Å². The SMILES string of the molecule is NC(=O)c1n[nH]nc1-c1ccccc1OCCn1ccnc1. The number of carbonyl (C=O) groups excluding carboxylic acids is 1. The number of nitrogens with one attached hydrogen (secondary N) is 1. The fourth-order valence-corrected chi connectivity index (χ4v) is 2.06. The van der Waals surface area contributed by atoms with Gasteiger partial charge in [0.25, 0.3) is 5.91 Å². The second-order valence-electron chi connectivity index (χ2n) is 4.53. The first-order valence-corrected chi connectivity index (χ1v) is 6.64. The second-order valence-corrected chi connectivity index (χ2v) is 4.53. The minimum Gasteiger partial charge on any atom is -0.491 e. The van der Waals surface area contributed by atoms with Gasteiger partial charge in [-0.15, -0.1) is 0 Å². The molecule has 0 fully saturated rings. The molecule has 8 nitrogen and oxygen atoms in total. The van der Waals surface area contributed by atoms with Gasteiger partial charge >= 0.3 is 0 Å². The zero-order chi connectivity index (χ0) is 15.4. The van der Waals surface area contributed by atoms with Crippen LogP contribution >= 0.6 is 0 Å². The van der Waals surface area contributed by atoms with Crippen LogP contribution in [0.15, 0.2) is 43.0 Å². The maximum absolute atomic E-state index is 11.4. The Morgan fingerprint density at radius 3 is 2.95 bits per heavy atom. The van der Waals surface area contributed by atoms with Crippen molar-refractivity contribution in [3.63, 3.8) is 0 Å². The van der Waals surface area contributed by atoms with Crippen molar-refractivity contribution in [1.82, 2.24) is 25.0 Å². The van der Waals surface area contributed by atoms with E-state index >= 15 is 0 Å². The first-order valence-electron chi connectivity index (χ1n) is 6.64. The van der Waals surface area contributed by atoms with E-state index in [-0.39, 0.29) is 5.69 Å². The summed E-state index contributed by atoms with van der Waals surface area (Å²) in [6, 6.07) is 7.29. The molecular formula is C14H14N6O2. The van der Waals surface area contributed by atoms with Crippen LogP contribution in [-0.4, -0.2) is 37.5 Å². The van der Waals surface area contributed by atoms with Gasteiger partial charge in [-0.3, -0.25) is 4.79 Å². The summed E-state index contributed by atoms with van der Waals surface area (Å²) < 4.78 is 7.70. The van der Waals surface area contributed by atoms with Crippen LogP contribution in [0.5, 0.6) is 5.75 Å². The molecule has 0 saturated heterocycles. The predicted octanol–water partition coefficient (Wildman–Crippen LogP) is 0.846. The van der Waals surface area contributed by atoms with Crippen LogP contribution in [0.1, 0.15) is 10.5 Å². The molecule has 0 radical (unpaired) electrons. The maximum atomic E-state index is 11.4. The molecule has 2 aromatic heterocycles. The molecule has 8 heteroatoms. The smallest absolute Gasteiger partial charge is 0.271 e. The number of ether oxygens (including phenoxy) is 1. The Morgan fingerprint density at radius 2 is 2.18 bits per heavy atom. The molecule has 3 N–H and O–H groups in total. The zero-order valence-corrected chi connectivity index (χ0v) is 11.6. The van der Waals surface area contributed by atoms with Crippen molar-refractivity contribution >= 4 is 5.91 Å². The first kappa shape index (κ1) is 13.8. The third-order valence-corrected chi connectivity index (χ3v) is 3.09. The molecule has 0 bridgehead atoms. The van der Waals surface area contributed by atoms with Crippen molar-refractivity contribution < 1.29 is 9.53 Å². The van der Waals surface area contributed by atoms with E-state index in [0.29, 0.717) is 30.2 Å². The number of hydrogen-bond acceptors (Lipinski definition) is 5. The summed E-state index contributed by atoms with van der Waals surface area (Å²) in [5.41, 5.74) is 6.43. The lowest BCUT2D eigenvalue weighted by Crippen LogP contribution is -2.13. The third kappa shape index (κ3) is 2.80. The van der Waals surface area contributed by atoms with Crippen LogP contribution in [0.2, 0.25) is 0 Å². The maximum Gasteiger partial charge on any atom is 0.271 e. The number of aromatic amines is 1. The molecular weight excluding hydrogens is 284 g/mol. The minimum atomic E-state index is -0.642. The predicted molar refractivity (Wildman–Crippen MR) is 78.1 cm³/mol. The highest BCUT2D eigenvalue weighted by molar-refractivity contribution is 5.97. The van der Waals surface area contributed by atoms with E-state index in [0.717, 1.165) is 0 Å². The number of primary amides is 1. The number of rotatable bonds is 6. The number of H-pyrrole nitrogens is 1. The van der Waals surface area contributed by atoms with Crippen LogP contribution in [0.25, 0.3) is 11.3 Å². The van der Waals surface area contributed by atoms with E-state index in [1.54, 1.807) is 18.6 Å². The molecule has 22 heavy (non-hydrogen) atoms. The molecule has 1 aromatic carbocycles. The van der Waals surface area contributed by atoms with Crippen molar-refractivity contribution in [2.45, 2.75) is 6.54 Å². The van der Waals surface area contributed by atoms with Crippen LogP contribution in [0.3, 0.4) is 0 Å². The highest BCUT2D eigenvalue weighted by Gasteiger charge is 2.18. The lowest BCUT2D eigenvalue weighted by molar-refractivity contribution is 0.0996. The van der Waals surface area contributed by atoms with E-state index in [1.165, 1.54) is 0 Å². The lowest BCUT2D eigenvalue weighted by atomic mass is 10.1. The molecule has 0 atom stereocenters. The molecule has 0 aliphatic rings. The molecule has 3 aromatic rings.